The van der Waals surface area contributed by atoms with Gasteiger partial charge in [-0.15, -0.1) is 10.2 Å². The molecule has 1 aliphatic carbocycles. The van der Waals surface area contributed by atoms with Crippen LogP contribution in [-0.2, 0) is 4.74 Å². The van der Waals surface area contributed by atoms with Crippen molar-refractivity contribution in [2.45, 2.75) is 37.5 Å². The molecular weight excluding hydrogens is 332 g/mol. The van der Waals surface area contributed by atoms with E-state index in [0.717, 1.165) is 43.1 Å². The van der Waals surface area contributed by atoms with Gasteiger partial charge in [0, 0.05) is 38.0 Å². The van der Waals surface area contributed by atoms with Gasteiger partial charge in [-0.2, -0.15) is 9.61 Å². The summed E-state index contributed by atoms with van der Waals surface area (Å²) in [5.41, 5.74) is 1.97. The molecule has 0 unspecified atom stereocenters. The highest BCUT2D eigenvalue weighted by Gasteiger charge is 2.31. The average Bonchev–Trinajstić information content (AvgIpc) is 3.47. The molecule has 8 heteroatoms. The normalized spacial score (nSPS) is 22.2. The molecule has 3 aliphatic rings. The van der Waals surface area contributed by atoms with E-state index < -0.39 is 0 Å². The Morgan fingerprint density at radius 3 is 2.38 bits per heavy atom. The van der Waals surface area contributed by atoms with Crippen molar-refractivity contribution in [1.82, 2.24) is 29.6 Å². The van der Waals surface area contributed by atoms with E-state index in [4.69, 9.17) is 9.84 Å². The lowest BCUT2D eigenvalue weighted by atomic mass is 9.96. The molecule has 138 valence electrons. The molecule has 1 saturated carbocycles. The zero-order valence-corrected chi connectivity index (χ0v) is 14.9. The second kappa shape index (κ2) is 6.50. The van der Waals surface area contributed by atoms with Crippen LogP contribution >= 0.6 is 0 Å². The summed E-state index contributed by atoms with van der Waals surface area (Å²) in [6.07, 6.45) is 4.29. The molecule has 0 atom stereocenters. The van der Waals surface area contributed by atoms with E-state index in [1.54, 1.807) is 0 Å². The van der Waals surface area contributed by atoms with Crippen LogP contribution < -0.4 is 0 Å². The summed E-state index contributed by atoms with van der Waals surface area (Å²) < 4.78 is 7.27. The Morgan fingerprint density at radius 1 is 0.923 bits per heavy atom. The lowest BCUT2D eigenvalue weighted by molar-refractivity contribution is 0.0410. The first kappa shape index (κ1) is 16.0. The average molecular weight is 356 g/mol. The number of urea groups is 1. The van der Waals surface area contributed by atoms with Crippen molar-refractivity contribution in [3.8, 4) is 0 Å². The second-order valence-corrected chi connectivity index (χ2v) is 7.50. The molecule has 0 aromatic carbocycles. The van der Waals surface area contributed by atoms with Crippen LogP contribution in [0, 0.1) is 0 Å². The molecule has 0 spiro atoms. The van der Waals surface area contributed by atoms with Crippen molar-refractivity contribution in [1.29, 1.82) is 0 Å². The first-order valence-corrected chi connectivity index (χ1v) is 9.63. The van der Waals surface area contributed by atoms with Crippen LogP contribution in [0.3, 0.4) is 0 Å². The Kier molecular flexibility index (Phi) is 4.00. The van der Waals surface area contributed by atoms with Crippen LogP contribution in [0.5, 0.6) is 0 Å². The largest absolute Gasteiger partial charge is 0.378 e. The lowest BCUT2D eigenvalue weighted by Crippen LogP contribution is -2.50. The Balaban J connectivity index is 1.28. The summed E-state index contributed by atoms with van der Waals surface area (Å²) in [7, 11) is 0. The van der Waals surface area contributed by atoms with Gasteiger partial charge in [0.05, 0.1) is 18.9 Å². The first-order valence-electron chi connectivity index (χ1n) is 9.63. The van der Waals surface area contributed by atoms with Gasteiger partial charge < -0.3 is 14.5 Å². The summed E-state index contributed by atoms with van der Waals surface area (Å²) >= 11 is 0. The zero-order chi connectivity index (χ0) is 17.5. The predicted octanol–water partition coefficient (Wildman–Crippen LogP) is 1.63. The maximum atomic E-state index is 12.6. The maximum absolute atomic E-state index is 12.6. The second-order valence-electron chi connectivity index (χ2n) is 7.50. The number of hydrogen-bond donors (Lipinski definition) is 0. The van der Waals surface area contributed by atoms with E-state index in [1.807, 2.05) is 20.4 Å². The topological polar surface area (TPSA) is 75.9 Å². The molecule has 0 N–H and O–H groups in total. The van der Waals surface area contributed by atoms with Crippen molar-refractivity contribution in [3.63, 3.8) is 0 Å². The van der Waals surface area contributed by atoms with Crippen LogP contribution in [-0.4, -0.2) is 75.0 Å². The molecule has 2 aliphatic heterocycles. The molecule has 5 rings (SSSR count). The number of carbonyl (C=O) groups is 1. The van der Waals surface area contributed by atoms with Gasteiger partial charge in [-0.3, -0.25) is 0 Å². The van der Waals surface area contributed by atoms with Crippen molar-refractivity contribution in [2.24, 2.45) is 0 Å². The Morgan fingerprint density at radius 2 is 1.65 bits per heavy atom. The summed E-state index contributed by atoms with van der Waals surface area (Å²) in [6.45, 7) is 4.20. The molecule has 3 fully saturated rings. The van der Waals surface area contributed by atoms with E-state index in [2.05, 4.69) is 16.3 Å². The number of morpholine rings is 1. The van der Waals surface area contributed by atoms with Crippen molar-refractivity contribution >= 4 is 11.7 Å². The lowest BCUT2D eigenvalue weighted by Gasteiger charge is -2.36. The first-order chi connectivity index (χ1) is 12.8. The van der Waals surface area contributed by atoms with Crippen LogP contribution in [0.25, 0.3) is 5.65 Å². The molecule has 2 aromatic rings. The third-order valence-corrected chi connectivity index (χ3v) is 5.72. The minimum atomic E-state index is 0.145. The number of aromatic nitrogens is 4. The van der Waals surface area contributed by atoms with Crippen LogP contribution in [0.4, 0.5) is 4.79 Å². The molecule has 8 nitrogen and oxygen atoms in total. The van der Waals surface area contributed by atoms with Crippen molar-refractivity contribution in [2.75, 3.05) is 39.4 Å². The number of nitrogens with zero attached hydrogens (tertiary/aromatic N) is 6. The van der Waals surface area contributed by atoms with Gasteiger partial charge in [0.1, 0.15) is 0 Å². The molecule has 2 aromatic heterocycles. The molecule has 0 bridgehead atoms. The highest BCUT2D eigenvalue weighted by Crippen LogP contribution is 2.39. The quantitative estimate of drug-likeness (QED) is 0.817. The van der Waals surface area contributed by atoms with E-state index >= 15 is 0 Å². The molecule has 26 heavy (non-hydrogen) atoms. The zero-order valence-electron chi connectivity index (χ0n) is 14.9. The van der Waals surface area contributed by atoms with Gasteiger partial charge in [0.2, 0.25) is 0 Å². The fourth-order valence-corrected chi connectivity index (χ4v) is 3.95. The molecule has 2 saturated heterocycles. The van der Waals surface area contributed by atoms with Crippen molar-refractivity contribution < 1.29 is 9.53 Å². The van der Waals surface area contributed by atoms with Gasteiger partial charge >= 0.3 is 6.03 Å². The highest BCUT2D eigenvalue weighted by molar-refractivity contribution is 5.74. The Labute approximate surface area is 152 Å². The van der Waals surface area contributed by atoms with Gasteiger partial charge in [-0.05, 0) is 37.8 Å². The van der Waals surface area contributed by atoms with Crippen LogP contribution in [0.2, 0.25) is 0 Å². The number of amides is 2. The Hall–Kier alpha value is -2.22. The number of likely N-dealkylation sites (tertiary alicyclic amines) is 1. The van der Waals surface area contributed by atoms with Crippen LogP contribution in [0.15, 0.2) is 12.1 Å². The number of ether oxygens (including phenoxy) is 1. The number of fused-ring (bicyclic) bond motifs is 1. The summed E-state index contributed by atoms with van der Waals surface area (Å²) in [5.74, 6) is 1.87. The number of hydrogen-bond acceptors (Lipinski definition) is 5. The number of carbonyl (C=O) groups excluding carboxylic acids is 1. The minimum absolute atomic E-state index is 0.145. The van der Waals surface area contributed by atoms with Crippen molar-refractivity contribution in [3.05, 3.63) is 23.7 Å². The predicted molar refractivity (Wildman–Crippen MR) is 94.1 cm³/mol. The third-order valence-electron chi connectivity index (χ3n) is 5.72. The summed E-state index contributed by atoms with van der Waals surface area (Å²) in [6, 6.07) is 4.25. The number of piperidine rings is 1. The third kappa shape index (κ3) is 2.92. The number of rotatable bonds is 2. The molecular formula is C18H24N6O2. The molecule has 2 amide bonds. The van der Waals surface area contributed by atoms with E-state index in [1.165, 1.54) is 12.8 Å². The monoisotopic (exact) mass is 356 g/mol. The van der Waals surface area contributed by atoms with Gasteiger partial charge in [-0.25, -0.2) is 4.79 Å². The standard InChI is InChI=1S/C18H24N6O2/c25-18(23-9-11-26-12-10-23)22-7-5-14(6-8-22)17-20-19-16-4-3-15(13-1-2-13)21-24(16)17/h3-4,13-14H,1-2,5-12H2. The van der Waals surface area contributed by atoms with E-state index in [0.29, 0.717) is 38.1 Å². The maximum Gasteiger partial charge on any atom is 0.320 e. The van der Waals surface area contributed by atoms with Gasteiger partial charge in [-0.1, -0.05) is 0 Å². The van der Waals surface area contributed by atoms with Gasteiger partial charge in [0.25, 0.3) is 0 Å². The fraction of sp³-hybridized carbons (Fsp3) is 0.667. The highest BCUT2D eigenvalue weighted by atomic mass is 16.5. The smallest absolute Gasteiger partial charge is 0.320 e. The molecule has 4 heterocycles. The summed E-state index contributed by atoms with van der Waals surface area (Å²) in [4.78, 5) is 16.5. The minimum Gasteiger partial charge on any atom is -0.378 e. The van der Waals surface area contributed by atoms with Crippen LogP contribution in [0.1, 0.15) is 49.0 Å². The Bertz CT molecular complexity index is 803. The van der Waals surface area contributed by atoms with E-state index in [9.17, 15) is 4.79 Å². The fourth-order valence-electron chi connectivity index (χ4n) is 3.95. The van der Waals surface area contributed by atoms with Gasteiger partial charge in [0.15, 0.2) is 11.5 Å². The van der Waals surface area contributed by atoms with E-state index in [-0.39, 0.29) is 6.03 Å². The summed E-state index contributed by atoms with van der Waals surface area (Å²) in [5, 5.41) is 13.5. The molecule has 0 radical (unpaired) electrons. The SMILES string of the molecule is O=C(N1CCOCC1)N1CCC(c2nnc3ccc(C4CC4)nn23)CC1.